The van der Waals surface area contributed by atoms with E-state index in [1.54, 1.807) is 12.1 Å². The first-order valence-electron chi connectivity index (χ1n) is 5.25. The van der Waals surface area contributed by atoms with Crippen LogP contribution in [0.4, 0.5) is 0 Å². The number of allylic oxidation sites excluding steroid dienone is 4. The SMILES string of the molecule is O=C(NC1=C(Br)C=CCC1Br)c1ccccc1. The Morgan fingerprint density at radius 1 is 1.29 bits per heavy atom. The van der Waals surface area contributed by atoms with E-state index in [1.807, 2.05) is 24.3 Å². The van der Waals surface area contributed by atoms with Crippen molar-refractivity contribution in [2.75, 3.05) is 0 Å². The van der Waals surface area contributed by atoms with E-state index >= 15 is 0 Å². The molecule has 88 valence electrons. The first kappa shape index (κ1) is 12.6. The molecule has 1 aliphatic rings. The minimum atomic E-state index is -0.0858. The summed E-state index contributed by atoms with van der Waals surface area (Å²) in [6.07, 6.45) is 4.89. The van der Waals surface area contributed by atoms with Crippen LogP contribution in [-0.4, -0.2) is 10.7 Å². The topological polar surface area (TPSA) is 29.1 Å². The maximum absolute atomic E-state index is 12.0. The molecule has 1 unspecified atom stereocenters. The van der Waals surface area contributed by atoms with Gasteiger partial charge in [0.05, 0.1) is 4.83 Å². The van der Waals surface area contributed by atoms with Gasteiger partial charge in [-0.1, -0.05) is 46.3 Å². The molecule has 0 saturated heterocycles. The third kappa shape index (κ3) is 3.07. The number of alkyl halides is 1. The molecule has 4 heteroatoms. The predicted octanol–water partition coefficient (Wildman–Crippen LogP) is 3.75. The van der Waals surface area contributed by atoms with Gasteiger partial charge in [-0.3, -0.25) is 4.79 Å². The van der Waals surface area contributed by atoms with Gasteiger partial charge in [0.1, 0.15) is 0 Å². The Labute approximate surface area is 117 Å². The van der Waals surface area contributed by atoms with Crippen LogP contribution in [0.25, 0.3) is 0 Å². The maximum Gasteiger partial charge on any atom is 0.255 e. The van der Waals surface area contributed by atoms with E-state index in [4.69, 9.17) is 0 Å². The van der Waals surface area contributed by atoms with Crippen LogP contribution in [0.15, 0.2) is 52.7 Å². The molecular formula is C13H11Br2NO. The smallest absolute Gasteiger partial charge is 0.255 e. The van der Waals surface area contributed by atoms with Gasteiger partial charge in [0.15, 0.2) is 0 Å². The second-order valence-electron chi connectivity index (χ2n) is 3.69. The van der Waals surface area contributed by atoms with E-state index in [-0.39, 0.29) is 10.7 Å². The predicted molar refractivity (Wildman–Crippen MR) is 76.3 cm³/mol. The number of hydrogen-bond acceptors (Lipinski definition) is 1. The van der Waals surface area contributed by atoms with E-state index in [9.17, 15) is 4.79 Å². The number of hydrogen-bond donors (Lipinski definition) is 1. The van der Waals surface area contributed by atoms with Crippen molar-refractivity contribution in [3.05, 3.63) is 58.2 Å². The standard InChI is InChI=1S/C13H11Br2NO/c14-10-7-4-8-11(15)12(10)16-13(17)9-5-2-1-3-6-9/h1-7,11H,8H2,(H,16,17). The molecule has 0 saturated carbocycles. The average Bonchev–Trinajstić information content (AvgIpc) is 2.35. The molecule has 1 amide bonds. The van der Waals surface area contributed by atoms with Crippen molar-refractivity contribution in [1.29, 1.82) is 0 Å². The lowest BCUT2D eigenvalue weighted by Gasteiger charge is -2.19. The number of nitrogens with one attached hydrogen (secondary N) is 1. The molecule has 17 heavy (non-hydrogen) atoms. The lowest BCUT2D eigenvalue weighted by molar-refractivity contribution is 0.0965. The molecule has 1 aliphatic carbocycles. The zero-order chi connectivity index (χ0) is 12.3. The fraction of sp³-hybridized carbons (Fsp3) is 0.154. The largest absolute Gasteiger partial charge is 0.323 e. The van der Waals surface area contributed by atoms with E-state index in [1.165, 1.54) is 0 Å². The number of carbonyl (C=O) groups is 1. The fourth-order valence-electron chi connectivity index (χ4n) is 1.57. The number of halogens is 2. The highest BCUT2D eigenvalue weighted by Gasteiger charge is 2.18. The van der Waals surface area contributed by atoms with Gasteiger partial charge in [0.25, 0.3) is 5.91 Å². The zero-order valence-electron chi connectivity index (χ0n) is 8.99. The van der Waals surface area contributed by atoms with Crippen molar-refractivity contribution in [3.63, 3.8) is 0 Å². The van der Waals surface area contributed by atoms with Crippen LogP contribution in [0.5, 0.6) is 0 Å². The van der Waals surface area contributed by atoms with Gasteiger partial charge in [-0.2, -0.15) is 0 Å². The van der Waals surface area contributed by atoms with Crippen LogP contribution in [0.2, 0.25) is 0 Å². The molecule has 0 heterocycles. The van der Waals surface area contributed by atoms with Crippen LogP contribution in [-0.2, 0) is 0 Å². The molecular weight excluding hydrogens is 346 g/mol. The first-order chi connectivity index (χ1) is 8.18. The molecule has 1 atom stereocenters. The van der Waals surface area contributed by atoms with Crippen molar-refractivity contribution in [2.24, 2.45) is 0 Å². The van der Waals surface area contributed by atoms with Gasteiger partial charge in [-0.05, 0) is 34.5 Å². The second-order valence-corrected chi connectivity index (χ2v) is 5.65. The van der Waals surface area contributed by atoms with Crippen LogP contribution >= 0.6 is 31.9 Å². The van der Waals surface area contributed by atoms with Gasteiger partial charge in [0.2, 0.25) is 0 Å². The van der Waals surface area contributed by atoms with Crippen molar-refractivity contribution in [2.45, 2.75) is 11.2 Å². The van der Waals surface area contributed by atoms with E-state index in [2.05, 4.69) is 43.3 Å². The minimum Gasteiger partial charge on any atom is -0.323 e. The normalized spacial score (nSPS) is 19.3. The Kier molecular flexibility index (Phi) is 4.18. The van der Waals surface area contributed by atoms with E-state index in [0.29, 0.717) is 5.56 Å². The fourth-order valence-corrected chi connectivity index (χ4v) is 3.02. The molecule has 1 aromatic rings. The number of rotatable bonds is 2. The van der Waals surface area contributed by atoms with Crippen LogP contribution in [0.3, 0.4) is 0 Å². The van der Waals surface area contributed by atoms with Gasteiger partial charge in [-0.15, -0.1) is 0 Å². The Morgan fingerprint density at radius 3 is 2.65 bits per heavy atom. The van der Waals surface area contributed by atoms with Gasteiger partial charge < -0.3 is 5.32 Å². The van der Waals surface area contributed by atoms with Gasteiger partial charge >= 0.3 is 0 Å². The summed E-state index contributed by atoms with van der Waals surface area (Å²) in [6.45, 7) is 0. The molecule has 2 nitrogen and oxygen atoms in total. The van der Waals surface area contributed by atoms with Crippen LogP contribution in [0, 0.1) is 0 Å². The van der Waals surface area contributed by atoms with Crippen molar-refractivity contribution in [1.82, 2.24) is 5.32 Å². The first-order valence-corrected chi connectivity index (χ1v) is 6.96. The molecule has 0 aliphatic heterocycles. The highest BCUT2D eigenvalue weighted by atomic mass is 79.9. The molecule has 0 spiro atoms. The highest BCUT2D eigenvalue weighted by molar-refractivity contribution is 9.12. The molecule has 0 aromatic heterocycles. The van der Waals surface area contributed by atoms with Gasteiger partial charge in [-0.25, -0.2) is 0 Å². The van der Waals surface area contributed by atoms with Crippen molar-refractivity contribution in [3.8, 4) is 0 Å². The Balaban J connectivity index is 2.17. The Hall–Kier alpha value is -0.870. The van der Waals surface area contributed by atoms with E-state index < -0.39 is 0 Å². The van der Waals surface area contributed by atoms with Crippen LogP contribution in [0.1, 0.15) is 16.8 Å². The summed E-state index contributed by atoms with van der Waals surface area (Å²) in [5.74, 6) is -0.0858. The average molecular weight is 357 g/mol. The number of carbonyl (C=O) groups excluding carboxylic acids is 1. The maximum atomic E-state index is 12.0. The molecule has 0 fully saturated rings. The molecule has 2 rings (SSSR count). The summed E-state index contributed by atoms with van der Waals surface area (Å²) < 4.78 is 0.912. The summed E-state index contributed by atoms with van der Waals surface area (Å²) >= 11 is 6.99. The third-order valence-electron chi connectivity index (χ3n) is 2.46. The second kappa shape index (κ2) is 5.65. The molecule has 1 N–H and O–H groups in total. The van der Waals surface area contributed by atoms with Crippen LogP contribution < -0.4 is 5.32 Å². The molecule has 0 bridgehead atoms. The number of benzene rings is 1. The summed E-state index contributed by atoms with van der Waals surface area (Å²) in [7, 11) is 0. The monoisotopic (exact) mass is 355 g/mol. The minimum absolute atomic E-state index is 0.0858. The zero-order valence-corrected chi connectivity index (χ0v) is 12.2. The summed E-state index contributed by atoms with van der Waals surface area (Å²) in [5, 5.41) is 2.93. The molecule has 0 radical (unpaired) electrons. The molecule has 1 aromatic carbocycles. The Bertz CT molecular complexity index is 479. The highest BCUT2D eigenvalue weighted by Crippen LogP contribution is 2.27. The number of amides is 1. The summed E-state index contributed by atoms with van der Waals surface area (Å²) in [6, 6.07) is 9.19. The van der Waals surface area contributed by atoms with Crippen molar-refractivity contribution >= 4 is 37.8 Å². The van der Waals surface area contributed by atoms with Gasteiger partial charge in [0, 0.05) is 15.7 Å². The summed E-state index contributed by atoms with van der Waals surface area (Å²) in [5.41, 5.74) is 1.54. The quantitative estimate of drug-likeness (QED) is 0.803. The van der Waals surface area contributed by atoms with E-state index in [0.717, 1.165) is 16.6 Å². The lowest BCUT2D eigenvalue weighted by Crippen LogP contribution is -2.28. The van der Waals surface area contributed by atoms with Crippen molar-refractivity contribution < 1.29 is 4.79 Å². The third-order valence-corrected chi connectivity index (χ3v) is 3.99. The summed E-state index contributed by atoms with van der Waals surface area (Å²) in [4.78, 5) is 12.1. The lowest BCUT2D eigenvalue weighted by atomic mass is 10.1. The Morgan fingerprint density at radius 2 is 2.00 bits per heavy atom.